The molecule has 2 amide bonds. The first-order valence-electron chi connectivity index (χ1n) is 7.09. The molecule has 2 aromatic rings. The molecule has 1 saturated heterocycles. The van der Waals surface area contributed by atoms with Crippen LogP contribution < -0.4 is 5.73 Å². The van der Waals surface area contributed by atoms with Gasteiger partial charge in [0.25, 0.3) is 5.91 Å². The van der Waals surface area contributed by atoms with E-state index in [1.165, 1.54) is 23.5 Å². The predicted octanol–water partition coefficient (Wildman–Crippen LogP) is 1.09. The summed E-state index contributed by atoms with van der Waals surface area (Å²) in [7, 11) is 0. The van der Waals surface area contributed by atoms with Crippen LogP contribution in [-0.2, 0) is 10.3 Å². The maximum atomic E-state index is 12.8. The Morgan fingerprint density at radius 2 is 1.95 bits per heavy atom. The number of carbonyl (C=O) groups excluding carboxylic acids is 2. The second kappa shape index (κ2) is 5.55. The van der Waals surface area contributed by atoms with Gasteiger partial charge in [0, 0.05) is 24.5 Å². The van der Waals surface area contributed by atoms with Crippen molar-refractivity contribution in [3.05, 3.63) is 60.2 Å². The van der Waals surface area contributed by atoms with Gasteiger partial charge in [0.15, 0.2) is 5.54 Å². The van der Waals surface area contributed by atoms with Gasteiger partial charge in [-0.25, -0.2) is 0 Å². The smallest absolute Gasteiger partial charge is 0.255 e. The van der Waals surface area contributed by atoms with E-state index in [2.05, 4.69) is 9.97 Å². The van der Waals surface area contributed by atoms with Crippen molar-refractivity contribution in [3.8, 4) is 0 Å². The molecule has 1 fully saturated rings. The van der Waals surface area contributed by atoms with Gasteiger partial charge in [-0.05, 0) is 25.0 Å². The summed E-state index contributed by atoms with van der Waals surface area (Å²) in [6.45, 7) is 0.466. The average molecular weight is 296 g/mol. The molecule has 0 radical (unpaired) electrons. The number of hydrogen-bond donors (Lipinski definition) is 1. The molecule has 2 heterocycles. The molecule has 1 aliphatic heterocycles. The van der Waals surface area contributed by atoms with Gasteiger partial charge in [-0.15, -0.1) is 0 Å². The van der Waals surface area contributed by atoms with Crippen LogP contribution in [0.2, 0.25) is 0 Å². The van der Waals surface area contributed by atoms with Crippen molar-refractivity contribution in [2.45, 2.75) is 18.4 Å². The number of aromatic nitrogens is 2. The SMILES string of the molecule is NC(=O)[C@@]1(c2cnccn2)CCCN1C(=O)c1ccccc1. The fourth-order valence-corrected chi connectivity index (χ4v) is 2.99. The third kappa shape index (κ3) is 2.13. The van der Waals surface area contributed by atoms with E-state index in [0.29, 0.717) is 30.6 Å². The Labute approximate surface area is 128 Å². The van der Waals surface area contributed by atoms with Crippen LogP contribution in [0.1, 0.15) is 28.9 Å². The van der Waals surface area contributed by atoms with Crippen molar-refractivity contribution < 1.29 is 9.59 Å². The number of nitrogens with zero attached hydrogens (tertiary/aromatic N) is 3. The van der Waals surface area contributed by atoms with E-state index in [9.17, 15) is 9.59 Å². The molecule has 1 aromatic carbocycles. The summed E-state index contributed by atoms with van der Waals surface area (Å²) in [4.78, 5) is 34.8. The van der Waals surface area contributed by atoms with Crippen LogP contribution in [0.15, 0.2) is 48.9 Å². The van der Waals surface area contributed by atoms with Gasteiger partial charge < -0.3 is 10.6 Å². The zero-order chi connectivity index (χ0) is 15.6. The first-order chi connectivity index (χ1) is 10.7. The van der Waals surface area contributed by atoms with E-state index in [4.69, 9.17) is 5.73 Å². The van der Waals surface area contributed by atoms with E-state index >= 15 is 0 Å². The number of nitrogens with two attached hydrogens (primary N) is 1. The number of carbonyl (C=O) groups is 2. The minimum Gasteiger partial charge on any atom is -0.367 e. The first-order valence-corrected chi connectivity index (χ1v) is 7.09. The lowest BCUT2D eigenvalue weighted by molar-refractivity contribution is -0.128. The maximum Gasteiger partial charge on any atom is 0.255 e. The fourth-order valence-electron chi connectivity index (χ4n) is 2.99. The summed E-state index contributed by atoms with van der Waals surface area (Å²) < 4.78 is 0. The molecule has 6 nitrogen and oxygen atoms in total. The molecule has 22 heavy (non-hydrogen) atoms. The third-order valence-corrected chi connectivity index (χ3v) is 4.04. The summed E-state index contributed by atoms with van der Waals surface area (Å²) in [6, 6.07) is 8.87. The molecule has 0 saturated carbocycles. The summed E-state index contributed by atoms with van der Waals surface area (Å²) >= 11 is 0. The van der Waals surface area contributed by atoms with Gasteiger partial charge in [0.2, 0.25) is 5.91 Å². The summed E-state index contributed by atoms with van der Waals surface area (Å²) in [5, 5.41) is 0. The topological polar surface area (TPSA) is 89.2 Å². The highest BCUT2D eigenvalue weighted by Crippen LogP contribution is 2.38. The Bertz CT molecular complexity index is 690. The fraction of sp³-hybridized carbons (Fsp3) is 0.250. The van der Waals surface area contributed by atoms with Crippen LogP contribution in [0.3, 0.4) is 0 Å². The van der Waals surface area contributed by atoms with Crippen LogP contribution in [0, 0.1) is 0 Å². The number of primary amides is 1. The molecule has 112 valence electrons. The highest BCUT2D eigenvalue weighted by atomic mass is 16.2. The lowest BCUT2D eigenvalue weighted by Crippen LogP contribution is -2.54. The molecule has 2 N–H and O–H groups in total. The maximum absolute atomic E-state index is 12.8. The van der Waals surface area contributed by atoms with Gasteiger partial charge in [-0.1, -0.05) is 18.2 Å². The van der Waals surface area contributed by atoms with Crippen LogP contribution >= 0.6 is 0 Å². The predicted molar refractivity (Wildman–Crippen MR) is 79.6 cm³/mol. The first kappa shape index (κ1) is 14.2. The van der Waals surface area contributed by atoms with Crippen molar-refractivity contribution in [1.82, 2.24) is 14.9 Å². The molecule has 1 aliphatic rings. The van der Waals surface area contributed by atoms with Crippen molar-refractivity contribution in [2.75, 3.05) is 6.54 Å². The molecular weight excluding hydrogens is 280 g/mol. The second-order valence-corrected chi connectivity index (χ2v) is 5.24. The number of rotatable bonds is 3. The van der Waals surface area contributed by atoms with Gasteiger partial charge >= 0.3 is 0 Å². The lowest BCUT2D eigenvalue weighted by Gasteiger charge is -2.35. The Hall–Kier alpha value is -2.76. The van der Waals surface area contributed by atoms with E-state index in [1.807, 2.05) is 6.07 Å². The molecule has 0 unspecified atom stereocenters. The van der Waals surface area contributed by atoms with Gasteiger partial charge in [-0.3, -0.25) is 19.6 Å². The van der Waals surface area contributed by atoms with Crippen LogP contribution in [0.5, 0.6) is 0 Å². The van der Waals surface area contributed by atoms with E-state index < -0.39 is 11.4 Å². The molecule has 1 aromatic heterocycles. The third-order valence-electron chi connectivity index (χ3n) is 4.04. The van der Waals surface area contributed by atoms with Crippen LogP contribution in [-0.4, -0.2) is 33.2 Å². The standard InChI is InChI=1S/C16H16N4O2/c17-15(22)16(13-11-18-8-9-19-13)7-4-10-20(16)14(21)12-5-2-1-3-6-12/h1-3,5-6,8-9,11H,4,7,10H2,(H2,17,22)/t16-/m0/s1. The van der Waals surface area contributed by atoms with E-state index in [0.717, 1.165) is 0 Å². The minimum absolute atomic E-state index is 0.220. The lowest BCUT2D eigenvalue weighted by atomic mass is 9.90. The van der Waals surface area contributed by atoms with Crippen LogP contribution in [0.25, 0.3) is 0 Å². The molecule has 0 aliphatic carbocycles. The average Bonchev–Trinajstić information content (AvgIpc) is 3.02. The zero-order valence-corrected chi connectivity index (χ0v) is 12.0. The highest BCUT2D eigenvalue weighted by molar-refractivity contribution is 5.99. The van der Waals surface area contributed by atoms with E-state index in [-0.39, 0.29) is 5.91 Å². The van der Waals surface area contributed by atoms with Crippen molar-refractivity contribution in [1.29, 1.82) is 0 Å². The number of benzene rings is 1. The summed E-state index contributed by atoms with van der Waals surface area (Å²) in [6.07, 6.45) is 5.68. The molecule has 3 rings (SSSR count). The molecule has 6 heteroatoms. The summed E-state index contributed by atoms with van der Waals surface area (Å²) in [5.41, 5.74) is 5.40. The largest absolute Gasteiger partial charge is 0.367 e. The second-order valence-electron chi connectivity index (χ2n) is 5.24. The van der Waals surface area contributed by atoms with Crippen LogP contribution in [0.4, 0.5) is 0 Å². The monoisotopic (exact) mass is 296 g/mol. The van der Waals surface area contributed by atoms with Crippen molar-refractivity contribution in [2.24, 2.45) is 5.73 Å². The molecule has 1 atom stereocenters. The number of hydrogen-bond acceptors (Lipinski definition) is 4. The van der Waals surface area contributed by atoms with Crippen molar-refractivity contribution >= 4 is 11.8 Å². The Morgan fingerprint density at radius 1 is 1.18 bits per heavy atom. The Kier molecular flexibility index (Phi) is 3.58. The minimum atomic E-state index is -1.22. The normalized spacial score (nSPS) is 20.8. The quantitative estimate of drug-likeness (QED) is 0.918. The van der Waals surface area contributed by atoms with Gasteiger partial charge in [0.05, 0.1) is 11.9 Å². The molecular formula is C16H16N4O2. The zero-order valence-electron chi connectivity index (χ0n) is 12.0. The number of likely N-dealkylation sites (tertiary alicyclic amines) is 1. The molecule has 0 spiro atoms. The summed E-state index contributed by atoms with van der Waals surface area (Å²) in [5.74, 6) is -0.794. The van der Waals surface area contributed by atoms with Gasteiger partial charge in [0.1, 0.15) is 0 Å². The van der Waals surface area contributed by atoms with Gasteiger partial charge in [-0.2, -0.15) is 0 Å². The number of amides is 2. The van der Waals surface area contributed by atoms with Crippen molar-refractivity contribution in [3.63, 3.8) is 0 Å². The Morgan fingerprint density at radius 3 is 2.59 bits per heavy atom. The van der Waals surface area contributed by atoms with E-state index in [1.54, 1.807) is 24.3 Å². The Balaban J connectivity index is 2.07. The molecule has 0 bridgehead atoms. The highest BCUT2D eigenvalue weighted by Gasteiger charge is 2.51.